The van der Waals surface area contributed by atoms with Crippen molar-refractivity contribution in [1.82, 2.24) is 0 Å². The highest BCUT2D eigenvalue weighted by atomic mass is 16.5. The molecule has 1 N–H and O–H groups in total. The summed E-state index contributed by atoms with van der Waals surface area (Å²) in [5.41, 5.74) is 1.32. The third-order valence-corrected chi connectivity index (χ3v) is 4.11. The van der Waals surface area contributed by atoms with Gasteiger partial charge in [-0.15, -0.1) is 0 Å². The maximum Gasteiger partial charge on any atom is 0.255 e. The van der Waals surface area contributed by atoms with Crippen LogP contribution in [0.15, 0.2) is 61.2 Å². The normalized spacial score (nSPS) is 10.3. The van der Waals surface area contributed by atoms with Crippen LogP contribution >= 0.6 is 0 Å². The molecule has 0 aliphatic carbocycles. The zero-order chi connectivity index (χ0) is 19.3. The van der Waals surface area contributed by atoms with Crippen LogP contribution in [0.5, 0.6) is 11.5 Å². The van der Waals surface area contributed by atoms with E-state index < -0.39 is 0 Å². The number of amides is 1. The van der Waals surface area contributed by atoms with Gasteiger partial charge in [-0.05, 0) is 55.0 Å². The van der Waals surface area contributed by atoms with Gasteiger partial charge in [0.2, 0.25) is 0 Å². The number of anilines is 1. The average Bonchev–Trinajstić information content (AvgIpc) is 2.70. The average molecular weight is 367 g/mol. The lowest BCUT2D eigenvalue weighted by molar-refractivity contribution is 0.102. The highest BCUT2D eigenvalue weighted by molar-refractivity contribution is 6.04. The first-order valence-electron chi connectivity index (χ1n) is 9.61. The molecule has 2 rings (SSSR count). The second kappa shape index (κ2) is 11.8. The number of ether oxygens (including phenoxy) is 2. The Bertz CT molecular complexity index is 693. The predicted octanol–water partition coefficient (Wildman–Crippen LogP) is 5.85. The first-order chi connectivity index (χ1) is 13.2. The molecule has 1 amide bonds. The van der Waals surface area contributed by atoms with E-state index >= 15 is 0 Å². The Balaban J connectivity index is 1.78. The summed E-state index contributed by atoms with van der Waals surface area (Å²) in [6.07, 6.45) is 7.78. The van der Waals surface area contributed by atoms with E-state index in [4.69, 9.17) is 9.47 Å². The Morgan fingerprint density at radius 2 is 1.56 bits per heavy atom. The second-order valence-corrected chi connectivity index (χ2v) is 6.37. The molecule has 4 nitrogen and oxygen atoms in total. The molecule has 27 heavy (non-hydrogen) atoms. The predicted molar refractivity (Wildman–Crippen MR) is 111 cm³/mol. The van der Waals surface area contributed by atoms with E-state index in [-0.39, 0.29) is 5.91 Å². The lowest BCUT2D eigenvalue weighted by Crippen LogP contribution is -2.11. The lowest BCUT2D eigenvalue weighted by Gasteiger charge is -2.09. The standard InChI is InChI=1S/C23H29NO3/c1-3-5-6-7-8-18-27-22-15-11-20(12-16-22)24-23(25)19-9-13-21(14-10-19)26-17-4-2/h4,9-16H,2-3,5-8,17-18H2,1H3,(H,24,25). The molecule has 0 saturated carbocycles. The molecule has 4 heteroatoms. The van der Waals surface area contributed by atoms with Gasteiger partial charge in [0.15, 0.2) is 0 Å². The van der Waals surface area contributed by atoms with E-state index in [2.05, 4.69) is 18.8 Å². The van der Waals surface area contributed by atoms with Crippen molar-refractivity contribution in [3.63, 3.8) is 0 Å². The molecule has 0 radical (unpaired) electrons. The molecular weight excluding hydrogens is 338 g/mol. The van der Waals surface area contributed by atoms with Gasteiger partial charge in [0.1, 0.15) is 18.1 Å². The van der Waals surface area contributed by atoms with Crippen molar-refractivity contribution in [3.8, 4) is 11.5 Å². The molecule has 0 atom stereocenters. The molecule has 0 heterocycles. The van der Waals surface area contributed by atoms with Gasteiger partial charge in [0, 0.05) is 11.3 Å². The number of carbonyl (C=O) groups is 1. The van der Waals surface area contributed by atoms with Crippen LogP contribution in [0.25, 0.3) is 0 Å². The summed E-state index contributed by atoms with van der Waals surface area (Å²) in [6.45, 7) is 7.00. The van der Waals surface area contributed by atoms with Gasteiger partial charge in [-0.3, -0.25) is 4.79 Å². The quantitative estimate of drug-likeness (QED) is 0.378. The van der Waals surface area contributed by atoms with E-state index in [0.717, 1.165) is 24.5 Å². The van der Waals surface area contributed by atoms with Crippen LogP contribution in [0.1, 0.15) is 49.4 Å². The minimum absolute atomic E-state index is 0.158. The first-order valence-corrected chi connectivity index (χ1v) is 9.61. The SMILES string of the molecule is C=CCOc1ccc(C(=O)Nc2ccc(OCCCCCCC)cc2)cc1. The van der Waals surface area contributed by atoms with Crippen LogP contribution in [-0.4, -0.2) is 19.1 Å². The van der Waals surface area contributed by atoms with Crippen molar-refractivity contribution in [2.24, 2.45) is 0 Å². The third-order valence-electron chi connectivity index (χ3n) is 4.11. The lowest BCUT2D eigenvalue weighted by atomic mass is 10.2. The number of benzene rings is 2. The summed E-state index contributed by atoms with van der Waals surface area (Å²) in [5, 5.41) is 2.89. The van der Waals surface area contributed by atoms with E-state index in [0.29, 0.717) is 17.9 Å². The van der Waals surface area contributed by atoms with Crippen molar-refractivity contribution < 1.29 is 14.3 Å². The highest BCUT2D eigenvalue weighted by Crippen LogP contribution is 2.18. The molecule has 0 spiro atoms. The summed E-state index contributed by atoms with van der Waals surface area (Å²) < 4.78 is 11.2. The van der Waals surface area contributed by atoms with Crippen LogP contribution < -0.4 is 14.8 Å². The minimum Gasteiger partial charge on any atom is -0.494 e. The number of carbonyl (C=O) groups excluding carboxylic acids is 1. The zero-order valence-corrected chi connectivity index (χ0v) is 16.1. The van der Waals surface area contributed by atoms with Crippen molar-refractivity contribution in [3.05, 3.63) is 66.7 Å². The molecule has 144 valence electrons. The van der Waals surface area contributed by atoms with Gasteiger partial charge >= 0.3 is 0 Å². The Hall–Kier alpha value is -2.75. The highest BCUT2D eigenvalue weighted by Gasteiger charge is 2.06. The van der Waals surface area contributed by atoms with E-state index in [9.17, 15) is 4.79 Å². The third kappa shape index (κ3) is 7.57. The molecule has 2 aromatic rings. The molecule has 0 aliphatic heterocycles. The Kier molecular flexibility index (Phi) is 8.98. The topological polar surface area (TPSA) is 47.6 Å². The molecule has 2 aromatic carbocycles. The number of hydrogen-bond donors (Lipinski definition) is 1. The van der Waals surface area contributed by atoms with Crippen molar-refractivity contribution in [1.29, 1.82) is 0 Å². The van der Waals surface area contributed by atoms with Crippen LogP contribution in [0.3, 0.4) is 0 Å². The fraction of sp³-hybridized carbons (Fsp3) is 0.348. The van der Waals surface area contributed by atoms with Gasteiger partial charge in [0.25, 0.3) is 5.91 Å². The monoisotopic (exact) mass is 367 g/mol. The zero-order valence-electron chi connectivity index (χ0n) is 16.1. The van der Waals surface area contributed by atoms with E-state index in [1.807, 2.05) is 24.3 Å². The Labute approximate surface area is 162 Å². The molecule has 0 fully saturated rings. The second-order valence-electron chi connectivity index (χ2n) is 6.37. The smallest absolute Gasteiger partial charge is 0.255 e. The van der Waals surface area contributed by atoms with Crippen molar-refractivity contribution in [2.75, 3.05) is 18.5 Å². The summed E-state index contributed by atoms with van der Waals surface area (Å²) in [5.74, 6) is 1.38. The Morgan fingerprint density at radius 1 is 0.926 bits per heavy atom. The largest absolute Gasteiger partial charge is 0.494 e. The van der Waals surface area contributed by atoms with Gasteiger partial charge in [-0.2, -0.15) is 0 Å². The number of rotatable bonds is 12. The summed E-state index contributed by atoms with van der Waals surface area (Å²) in [4.78, 5) is 12.3. The Morgan fingerprint density at radius 3 is 2.22 bits per heavy atom. The maximum atomic E-state index is 12.3. The van der Waals surface area contributed by atoms with Crippen molar-refractivity contribution in [2.45, 2.75) is 39.0 Å². The van der Waals surface area contributed by atoms with Crippen LogP contribution in [0, 0.1) is 0 Å². The molecule has 0 bridgehead atoms. The maximum absolute atomic E-state index is 12.3. The van der Waals surface area contributed by atoms with Crippen LogP contribution in [-0.2, 0) is 0 Å². The number of unbranched alkanes of at least 4 members (excludes halogenated alkanes) is 4. The number of nitrogens with one attached hydrogen (secondary N) is 1. The molecule has 0 aliphatic rings. The summed E-state index contributed by atoms with van der Waals surface area (Å²) >= 11 is 0. The summed E-state index contributed by atoms with van der Waals surface area (Å²) in [7, 11) is 0. The fourth-order valence-electron chi connectivity index (χ4n) is 2.59. The van der Waals surface area contributed by atoms with Crippen LogP contribution in [0.4, 0.5) is 5.69 Å². The van der Waals surface area contributed by atoms with Gasteiger partial charge in [-0.1, -0.05) is 45.3 Å². The van der Waals surface area contributed by atoms with Crippen LogP contribution in [0.2, 0.25) is 0 Å². The van der Waals surface area contributed by atoms with E-state index in [1.165, 1.54) is 25.7 Å². The van der Waals surface area contributed by atoms with Gasteiger partial charge in [-0.25, -0.2) is 0 Å². The van der Waals surface area contributed by atoms with Gasteiger partial charge < -0.3 is 14.8 Å². The minimum atomic E-state index is -0.158. The van der Waals surface area contributed by atoms with Crippen molar-refractivity contribution >= 4 is 11.6 Å². The molecule has 0 saturated heterocycles. The molecular formula is C23H29NO3. The first kappa shape index (κ1) is 20.6. The molecule has 0 aromatic heterocycles. The number of hydrogen-bond acceptors (Lipinski definition) is 3. The van der Waals surface area contributed by atoms with Gasteiger partial charge in [0.05, 0.1) is 6.61 Å². The molecule has 0 unspecified atom stereocenters. The fourth-order valence-corrected chi connectivity index (χ4v) is 2.59. The summed E-state index contributed by atoms with van der Waals surface area (Å²) in [6, 6.07) is 14.5. The van der Waals surface area contributed by atoms with E-state index in [1.54, 1.807) is 30.3 Å².